The molecule has 2 aliphatic heterocycles. The van der Waals surface area contributed by atoms with Gasteiger partial charge in [0.2, 0.25) is 11.9 Å². The average molecular weight is 426 g/mol. The van der Waals surface area contributed by atoms with Crippen molar-refractivity contribution in [3.63, 3.8) is 0 Å². The van der Waals surface area contributed by atoms with Crippen molar-refractivity contribution in [1.29, 1.82) is 0 Å². The van der Waals surface area contributed by atoms with E-state index in [-0.39, 0.29) is 17.6 Å². The molecule has 166 valence electrons. The molecule has 1 aromatic heterocycles. The van der Waals surface area contributed by atoms with Gasteiger partial charge >= 0.3 is 0 Å². The lowest BCUT2D eigenvalue weighted by molar-refractivity contribution is -0.125. The Morgan fingerprint density at radius 3 is 2.32 bits per heavy atom. The van der Waals surface area contributed by atoms with Gasteiger partial charge in [0.1, 0.15) is 5.82 Å². The van der Waals surface area contributed by atoms with Crippen LogP contribution in [-0.4, -0.2) is 60.0 Å². The Labute approximate surface area is 183 Å². The van der Waals surface area contributed by atoms with E-state index < -0.39 is 0 Å². The quantitative estimate of drug-likeness (QED) is 0.688. The zero-order chi connectivity index (χ0) is 21.5. The molecule has 1 amide bonds. The Morgan fingerprint density at radius 1 is 0.968 bits per heavy atom. The van der Waals surface area contributed by atoms with Gasteiger partial charge in [-0.25, -0.2) is 14.4 Å². The Balaban J connectivity index is 1.19. The second-order valence-electron chi connectivity index (χ2n) is 8.59. The van der Waals surface area contributed by atoms with Crippen LogP contribution >= 0.6 is 0 Å². The highest BCUT2D eigenvalue weighted by atomic mass is 19.1. The van der Waals surface area contributed by atoms with Crippen LogP contribution in [0.5, 0.6) is 0 Å². The molecule has 0 bridgehead atoms. The van der Waals surface area contributed by atoms with Crippen molar-refractivity contribution in [1.82, 2.24) is 20.2 Å². The summed E-state index contributed by atoms with van der Waals surface area (Å²) >= 11 is 0. The van der Waals surface area contributed by atoms with Crippen LogP contribution in [0.1, 0.15) is 38.5 Å². The molecule has 0 unspecified atom stereocenters. The molecule has 0 spiro atoms. The van der Waals surface area contributed by atoms with Gasteiger partial charge < -0.3 is 15.1 Å². The number of anilines is 1. The summed E-state index contributed by atoms with van der Waals surface area (Å²) in [6.45, 7) is 5.83. The molecule has 0 atom stereocenters. The van der Waals surface area contributed by atoms with Crippen LogP contribution in [0, 0.1) is 11.7 Å². The molecule has 2 saturated heterocycles. The first-order valence-corrected chi connectivity index (χ1v) is 11.5. The van der Waals surface area contributed by atoms with Crippen molar-refractivity contribution in [2.45, 2.75) is 38.5 Å². The number of benzene rings is 1. The van der Waals surface area contributed by atoms with Gasteiger partial charge in [-0.05, 0) is 69.4 Å². The van der Waals surface area contributed by atoms with E-state index in [2.05, 4.69) is 25.1 Å². The van der Waals surface area contributed by atoms with Gasteiger partial charge in [0.05, 0.1) is 0 Å². The average Bonchev–Trinajstić information content (AvgIpc) is 2.83. The lowest BCUT2D eigenvalue weighted by Gasteiger charge is -2.31. The molecule has 2 fully saturated rings. The number of hydrogen-bond donors (Lipinski definition) is 1. The number of piperidine rings is 2. The van der Waals surface area contributed by atoms with Gasteiger partial charge in [-0.15, -0.1) is 0 Å². The SMILES string of the molecule is O=C(NCCCN1CCCCC1)C1CCN(c2ncc(-c3ccc(F)cc3)cn2)CC1. The summed E-state index contributed by atoms with van der Waals surface area (Å²) in [6, 6.07) is 6.33. The zero-order valence-corrected chi connectivity index (χ0v) is 18.1. The first kappa shape index (κ1) is 21.7. The third-order valence-electron chi connectivity index (χ3n) is 6.36. The van der Waals surface area contributed by atoms with Gasteiger partial charge in [-0.2, -0.15) is 0 Å². The standard InChI is InChI=1S/C24H32FN5O/c25-22-7-5-19(6-8-22)21-17-27-24(28-18-21)30-15-9-20(10-16-30)23(31)26-11-4-14-29-12-2-1-3-13-29/h5-8,17-18,20H,1-4,9-16H2,(H,26,31). The lowest BCUT2D eigenvalue weighted by Crippen LogP contribution is -2.41. The van der Waals surface area contributed by atoms with Gasteiger partial charge in [-0.3, -0.25) is 4.79 Å². The molecule has 4 rings (SSSR count). The van der Waals surface area contributed by atoms with E-state index in [9.17, 15) is 9.18 Å². The highest BCUT2D eigenvalue weighted by molar-refractivity contribution is 5.78. The number of nitrogens with one attached hydrogen (secondary N) is 1. The van der Waals surface area contributed by atoms with Crippen molar-refractivity contribution >= 4 is 11.9 Å². The molecule has 0 radical (unpaired) electrons. The van der Waals surface area contributed by atoms with Crippen LogP contribution in [0.15, 0.2) is 36.7 Å². The Kier molecular flexibility index (Phi) is 7.46. The fraction of sp³-hybridized carbons (Fsp3) is 0.542. The van der Waals surface area contributed by atoms with Crippen LogP contribution in [0.2, 0.25) is 0 Å². The van der Waals surface area contributed by atoms with E-state index in [1.807, 2.05) is 0 Å². The van der Waals surface area contributed by atoms with Crippen molar-refractivity contribution < 1.29 is 9.18 Å². The number of amides is 1. The van der Waals surface area contributed by atoms with Crippen molar-refractivity contribution in [2.24, 2.45) is 5.92 Å². The highest BCUT2D eigenvalue weighted by Crippen LogP contribution is 2.23. The molecule has 31 heavy (non-hydrogen) atoms. The van der Waals surface area contributed by atoms with Crippen LogP contribution in [0.25, 0.3) is 11.1 Å². The number of hydrogen-bond acceptors (Lipinski definition) is 5. The molecule has 7 heteroatoms. The molecule has 1 aromatic carbocycles. The smallest absolute Gasteiger partial charge is 0.225 e. The summed E-state index contributed by atoms with van der Waals surface area (Å²) in [5, 5.41) is 3.13. The molecule has 1 N–H and O–H groups in total. The third kappa shape index (κ3) is 6.00. The number of halogens is 1. The van der Waals surface area contributed by atoms with Gasteiger partial charge in [0.25, 0.3) is 0 Å². The number of carbonyl (C=O) groups is 1. The minimum absolute atomic E-state index is 0.0738. The molecule has 3 heterocycles. The molecule has 0 saturated carbocycles. The second kappa shape index (κ2) is 10.7. The lowest BCUT2D eigenvalue weighted by atomic mass is 9.96. The number of nitrogens with zero attached hydrogens (tertiary/aromatic N) is 4. The largest absolute Gasteiger partial charge is 0.356 e. The molecular formula is C24H32FN5O. The van der Waals surface area contributed by atoms with E-state index in [1.165, 1.54) is 44.5 Å². The summed E-state index contributed by atoms with van der Waals surface area (Å²) in [5.74, 6) is 0.692. The van der Waals surface area contributed by atoms with Gasteiger partial charge in [0, 0.05) is 43.5 Å². The highest BCUT2D eigenvalue weighted by Gasteiger charge is 2.26. The normalized spacial score (nSPS) is 18.2. The molecule has 2 aromatic rings. The van der Waals surface area contributed by atoms with Crippen LogP contribution in [0.3, 0.4) is 0 Å². The van der Waals surface area contributed by atoms with E-state index in [1.54, 1.807) is 24.5 Å². The monoisotopic (exact) mass is 425 g/mol. The van der Waals surface area contributed by atoms with E-state index in [0.29, 0.717) is 5.95 Å². The third-order valence-corrected chi connectivity index (χ3v) is 6.36. The maximum atomic E-state index is 13.1. The minimum Gasteiger partial charge on any atom is -0.356 e. The van der Waals surface area contributed by atoms with E-state index in [4.69, 9.17) is 0 Å². The van der Waals surface area contributed by atoms with Crippen LogP contribution < -0.4 is 10.2 Å². The van der Waals surface area contributed by atoms with Crippen LogP contribution in [-0.2, 0) is 4.79 Å². The maximum absolute atomic E-state index is 13.1. The summed E-state index contributed by atoms with van der Waals surface area (Å²) in [7, 11) is 0. The Bertz CT molecular complexity index is 828. The molecule has 0 aliphatic carbocycles. The molecule has 2 aliphatic rings. The Hall–Kier alpha value is -2.54. The fourth-order valence-corrected chi connectivity index (χ4v) is 4.46. The number of likely N-dealkylation sites (tertiary alicyclic amines) is 1. The van der Waals surface area contributed by atoms with E-state index >= 15 is 0 Å². The van der Waals surface area contributed by atoms with Crippen molar-refractivity contribution in [2.75, 3.05) is 44.2 Å². The number of rotatable bonds is 7. The summed E-state index contributed by atoms with van der Waals surface area (Å²) in [4.78, 5) is 26.1. The van der Waals surface area contributed by atoms with Gasteiger partial charge in [0.15, 0.2) is 0 Å². The first-order chi connectivity index (χ1) is 15.2. The summed E-state index contributed by atoms with van der Waals surface area (Å²) < 4.78 is 13.1. The minimum atomic E-state index is -0.254. The topological polar surface area (TPSA) is 61.4 Å². The number of aromatic nitrogens is 2. The Morgan fingerprint density at radius 2 is 1.65 bits per heavy atom. The molecule has 6 nitrogen and oxygen atoms in total. The predicted molar refractivity (Wildman–Crippen MR) is 120 cm³/mol. The fourth-order valence-electron chi connectivity index (χ4n) is 4.46. The molecular weight excluding hydrogens is 393 g/mol. The second-order valence-corrected chi connectivity index (χ2v) is 8.59. The number of carbonyl (C=O) groups excluding carboxylic acids is 1. The maximum Gasteiger partial charge on any atom is 0.225 e. The van der Waals surface area contributed by atoms with Gasteiger partial charge in [-0.1, -0.05) is 18.6 Å². The summed E-state index contributed by atoms with van der Waals surface area (Å²) in [6.07, 6.45) is 10.2. The first-order valence-electron chi connectivity index (χ1n) is 11.5. The van der Waals surface area contributed by atoms with Crippen molar-refractivity contribution in [3.8, 4) is 11.1 Å². The summed E-state index contributed by atoms with van der Waals surface area (Å²) in [5.41, 5.74) is 1.76. The zero-order valence-electron chi connectivity index (χ0n) is 18.1. The van der Waals surface area contributed by atoms with Crippen molar-refractivity contribution in [3.05, 3.63) is 42.5 Å². The van der Waals surface area contributed by atoms with E-state index in [0.717, 1.165) is 56.6 Å². The predicted octanol–water partition coefficient (Wildman–Crippen LogP) is 3.49. The van der Waals surface area contributed by atoms with Crippen LogP contribution in [0.4, 0.5) is 10.3 Å².